The summed E-state index contributed by atoms with van der Waals surface area (Å²) in [4.78, 5) is 0. The maximum absolute atomic E-state index is 5.97. The van der Waals surface area contributed by atoms with Gasteiger partial charge in [0.15, 0.2) is 12.6 Å². The van der Waals surface area contributed by atoms with Gasteiger partial charge in [0.1, 0.15) is 0 Å². The first-order valence-electron chi connectivity index (χ1n) is 8.16. The number of rotatable bonds is 14. The van der Waals surface area contributed by atoms with Crippen molar-refractivity contribution in [1.29, 1.82) is 0 Å². The Balaban J connectivity index is 4.16. The Hall–Kier alpha value is 0.460. The van der Waals surface area contributed by atoms with Gasteiger partial charge in [0, 0.05) is 24.0 Å². The van der Waals surface area contributed by atoms with Crippen molar-refractivity contribution in [2.75, 3.05) is 13.2 Å². The molecule has 3 nitrogen and oxygen atoms in total. The zero-order valence-electron chi connectivity index (χ0n) is 13.9. The molecule has 0 aliphatic carbocycles. The molecule has 4 atom stereocenters. The highest BCUT2D eigenvalue weighted by Gasteiger charge is 2.17. The van der Waals surface area contributed by atoms with Gasteiger partial charge in [0.2, 0.25) is 0 Å². The standard InChI is InChI=1S/C16H32Cl2O3/c1-5-19-15(11-7-9-13(3)17)21-16(20-6-2)12-8-10-14(4)18/h13-16H,5-12H2,1-4H3. The van der Waals surface area contributed by atoms with Crippen molar-refractivity contribution in [3.63, 3.8) is 0 Å². The molecule has 0 radical (unpaired) electrons. The van der Waals surface area contributed by atoms with E-state index < -0.39 is 0 Å². The van der Waals surface area contributed by atoms with E-state index in [4.69, 9.17) is 37.4 Å². The Morgan fingerprint density at radius 3 is 1.38 bits per heavy atom. The monoisotopic (exact) mass is 342 g/mol. The van der Waals surface area contributed by atoms with E-state index in [1.807, 2.05) is 27.7 Å². The summed E-state index contributed by atoms with van der Waals surface area (Å²) in [6.45, 7) is 9.25. The summed E-state index contributed by atoms with van der Waals surface area (Å²) in [6.07, 6.45) is 5.20. The van der Waals surface area contributed by atoms with Gasteiger partial charge < -0.3 is 14.2 Å². The van der Waals surface area contributed by atoms with Crippen molar-refractivity contribution >= 4 is 23.2 Å². The molecular weight excluding hydrogens is 311 g/mol. The Bertz CT molecular complexity index is 204. The van der Waals surface area contributed by atoms with Gasteiger partial charge >= 0.3 is 0 Å². The molecule has 0 aliphatic heterocycles. The van der Waals surface area contributed by atoms with Gasteiger partial charge in [-0.25, -0.2) is 0 Å². The van der Waals surface area contributed by atoms with Crippen LogP contribution in [0.3, 0.4) is 0 Å². The van der Waals surface area contributed by atoms with Gasteiger partial charge in [-0.15, -0.1) is 23.2 Å². The van der Waals surface area contributed by atoms with Gasteiger partial charge in [-0.3, -0.25) is 0 Å². The summed E-state index contributed by atoms with van der Waals surface area (Å²) in [6, 6.07) is 0. The minimum atomic E-state index is -0.213. The fourth-order valence-corrected chi connectivity index (χ4v) is 2.36. The molecule has 0 fully saturated rings. The molecule has 0 aromatic rings. The third-order valence-corrected chi connectivity index (χ3v) is 3.53. The lowest BCUT2D eigenvalue weighted by Crippen LogP contribution is -2.27. The lowest BCUT2D eigenvalue weighted by molar-refractivity contribution is -0.247. The molecule has 0 aromatic carbocycles. The van der Waals surface area contributed by atoms with Crippen LogP contribution in [0, 0.1) is 0 Å². The maximum Gasteiger partial charge on any atom is 0.160 e. The molecule has 0 N–H and O–H groups in total. The van der Waals surface area contributed by atoms with E-state index in [1.165, 1.54) is 0 Å². The van der Waals surface area contributed by atoms with Gasteiger partial charge in [0.05, 0.1) is 0 Å². The fraction of sp³-hybridized carbons (Fsp3) is 1.00. The maximum atomic E-state index is 5.97. The van der Waals surface area contributed by atoms with Crippen LogP contribution in [-0.4, -0.2) is 36.5 Å². The molecule has 0 bridgehead atoms. The molecule has 0 aliphatic rings. The Morgan fingerprint density at radius 2 is 1.10 bits per heavy atom. The summed E-state index contributed by atoms with van der Waals surface area (Å²) in [7, 11) is 0. The lowest BCUT2D eigenvalue weighted by atomic mass is 10.2. The number of hydrogen-bond acceptors (Lipinski definition) is 3. The van der Waals surface area contributed by atoms with Crippen molar-refractivity contribution in [3.8, 4) is 0 Å². The van der Waals surface area contributed by atoms with Crippen LogP contribution in [0.15, 0.2) is 0 Å². The fourth-order valence-electron chi connectivity index (χ4n) is 2.05. The minimum Gasteiger partial charge on any atom is -0.353 e. The highest BCUT2D eigenvalue weighted by molar-refractivity contribution is 6.20. The average molecular weight is 343 g/mol. The predicted octanol–water partition coefficient (Wildman–Crippen LogP) is 5.32. The second-order valence-electron chi connectivity index (χ2n) is 5.33. The Kier molecular flexibility index (Phi) is 14.4. The molecule has 0 spiro atoms. The quantitative estimate of drug-likeness (QED) is 0.315. The number of halogens is 2. The highest BCUT2D eigenvalue weighted by Crippen LogP contribution is 2.17. The summed E-state index contributed by atoms with van der Waals surface area (Å²) in [5, 5.41) is 0.389. The molecule has 128 valence electrons. The van der Waals surface area contributed by atoms with Crippen molar-refractivity contribution < 1.29 is 14.2 Å². The van der Waals surface area contributed by atoms with Crippen molar-refractivity contribution in [3.05, 3.63) is 0 Å². The molecule has 0 rings (SSSR count). The number of hydrogen-bond donors (Lipinski definition) is 0. The first-order chi connectivity index (χ1) is 9.99. The zero-order valence-corrected chi connectivity index (χ0v) is 15.5. The smallest absolute Gasteiger partial charge is 0.160 e. The molecule has 0 aromatic heterocycles. The Labute approximate surface area is 140 Å². The van der Waals surface area contributed by atoms with Crippen LogP contribution in [0.5, 0.6) is 0 Å². The number of alkyl halides is 2. The molecule has 0 heterocycles. The number of ether oxygens (including phenoxy) is 3. The first kappa shape index (κ1) is 21.5. The summed E-state index contributed by atoms with van der Waals surface area (Å²) in [5.74, 6) is 0. The van der Waals surface area contributed by atoms with E-state index in [2.05, 4.69) is 0 Å². The van der Waals surface area contributed by atoms with Crippen LogP contribution in [0.2, 0.25) is 0 Å². The summed E-state index contributed by atoms with van der Waals surface area (Å²) >= 11 is 11.9. The third-order valence-electron chi connectivity index (χ3n) is 3.09. The van der Waals surface area contributed by atoms with E-state index >= 15 is 0 Å². The molecule has 5 heteroatoms. The van der Waals surface area contributed by atoms with E-state index in [0.29, 0.717) is 13.2 Å². The third kappa shape index (κ3) is 13.8. The second-order valence-corrected chi connectivity index (χ2v) is 6.82. The SMILES string of the molecule is CCOC(CCCC(C)Cl)OC(CCCC(C)Cl)OCC. The van der Waals surface area contributed by atoms with E-state index in [1.54, 1.807) is 0 Å². The van der Waals surface area contributed by atoms with Crippen LogP contribution >= 0.6 is 23.2 Å². The van der Waals surface area contributed by atoms with Crippen LogP contribution in [0.25, 0.3) is 0 Å². The van der Waals surface area contributed by atoms with Crippen LogP contribution in [0.1, 0.15) is 66.2 Å². The molecule has 21 heavy (non-hydrogen) atoms. The van der Waals surface area contributed by atoms with Gasteiger partial charge in [-0.2, -0.15) is 0 Å². The highest BCUT2D eigenvalue weighted by atomic mass is 35.5. The lowest BCUT2D eigenvalue weighted by Gasteiger charge is -2.25. The van der Waals surface area contributed by atoms with E-state index in [9.17, 15) is 0 Å². The largest absolute Gasteiger partial charge is 0.353 e. The predicted molar refractivity (Wildman–Crippen MR) is 90.2 cm³/mol. The van der Waals surface area contributed by atoms with Crippen molar-refractivity contribution in [2.45, 2.75) is 89.6 Å². The molecule has 0 saturated carbocycles. The average Bonchev–Trinajstić information content (AvgIpc) is 2.38. The first-order valence-corrected chi connectivity index (χ1v) is 9.03. The normalized spacial score (nSPS) is 17.4. The summed E-state index contributed by atoms with van der Waals surface area (Å²) in [5.41, 5.74) is 0. The van der Waals surface area contributed by atoms with Crippen molar-refractivity contribution in [2.24, 2.45) is 0 Å². The van der Waals surface area contributed by atoms with Gasteiger partial charge in [0.25, 0.3) is 0 Å². The van der Waals surface area contributed by atoms with Gasteiger partial charge in [-0.1, -0.05) is 0 Å². The topological polar surface area (TPSA) is 27.7 Å². The van der Waals surface area contributed by atoms with E-state index in [0.717, 1.165) is 38.5 Å². The van der Waals surface area contributed by atoms with Gasteiger partial charge in [-0.05, 0) is 66.2 Å². The second kappa shape index (κ2) is 14.1. The van der Waals surface area contributed by atoms with Crippen LogP contribution < -0.4 is 0 Å². The van der Waals surface area contributed by atoms with Crippen LogP contribution in [0.4, 0.5) is 0 Å². The molecular formula is C16H32Cl2O3. The van der Waals surface area contributed by atoms with Crippen LogP contribution in [-0.2, 0) is 14.2 Å². The van der Waals surface area contributed by atoms with E-state index in [-0.39, 0.29) is 23.3 Å². The Morgan fingerprint density at radius 1 is 0.714 bits per heavy atom. The molecule has 0 saturated heterocycles. The minimum absolute atomic E-state index is 0.195. The molecule has 4 unspecified atom stereocenters. The summed E-state index contributed by atoms with van der Waals surface area (Å²) < 4.78 is 17.3. The van der Waals surface area contributed by atoms with Crippen molar-refractivity contribution in [1.82, 2.24) is 0 Å². The molecule has 0 amide bonds. The zero-order chi connectivity index (χ0) is 16.1.